The van der Waals surface area contributed by atoms with Crippen LogP contribution in [-0.4, -0.2) is 46.0 Å². The van der Waals surface area contributed by atoms with Gasteiger partial charge in [0, 0.05) is 25.7 Å². The summed E-state index contributed by atoms with van der Waals surface area (Å²) in [6, 6.07) is 6.33. The third kappa shape index (κ3) is 3.57. The summed E-state index contributed by atoms with van der Waals surface area (Å²) in [5.74, 6) is 0.740. The molecule has 1 aliphatic rings. The summed E-state index contributed by atoms with van der Waals surface area (Å²) < 4.78 is 7.28. The maximum atomic E-state index is 11.3. The predicted octanol–water partition coefficient (Wildman–Crippen LogP) is 2.07. The molecule has 0 spiro atoms. The lowest BCUT2D eigenvalue weighted by Gasteiger charge is -2.27. The van der Waals surface area contributed by atoms with Crippen molar-refractivity contribution >= 4 is 23.4 Å². The molecule has 0 amide bonds. The van der Waals surface area contributed by atoms with Gasteiger partial charge in [0.1, 0.15) is 0 Å². The van der Waals surface area contributed by atoms with E-state index in [0.717, 1.165) is 19.0 Å². The lowest BCUT2D eigenvalue weighted by Crippen LogP contribution is -2.38. The number of hydrogen-bond donors (Lipinski definition) is 0. The van der Waals surface area contributed by atoms with Crippen molar-refractivity contribution < 1.29 is 9.66 Å². The Labute approximate surface area is 148 Å². The van der Waals surface area contributed by atoms with E-state index in [2.05, 4.69) is 15.1 Å². The fourth-order valence-electron chi connectivity index (χ4n) is 2.54. The van der Waals surface area contributed by atoms with Crippen molar-refractivity contribution in [3.63, 3.8) is 0 Å². The average molecular weight is 360 g/mol. The molecule has 9 nitrogen and oxygen atoms in total. The second-order valence-electron chi connectivity index (χ2n) is 5.28. The molecule has 1 aromatic heterocycles. The number of morpholine rings is 1. The Hall–Kier alpha value is -2.64. The molecule has 1 aliphatic heterocycles. The highest BCUT2D eigenvalue weighted by Gasteiger charge is 2.23. The number of rotatable bonds is 5. The summed E-state index contributed by atoms with van der Waals surface area (Å²) in [5, 5.41) is 29.3. The molecule has 1 aromatic carbocycles. The monoisotopic (exact) mass is 360 g/mol. The molecule has 25 heavy (non-hydrogen) atoms. The first-order chi connectivity index (χ1) is 12.1. The smallest absolute Gasteiger partial charge is 0.284 e. The third-order valence-electron chi connectivity index (χ3n) is 3.79. The molecule has 130 valence electrons. The van der Waals surface area contributed by atoms with Gasteiger partial charge in [-0.2, -0.15) is 5.26 Å². The first-order valence-corrected chi connectivity index (χ1v) is 8.58. The fraction of sp³-hybridized carbons (Fsp3) is 0.400. The van der Waals surface area contributed by atoms with Gasteiger partial charge < -0.3 is 9.64 Å². The van der Waals surface area contributed by atoms with E-state index >= 15 is 0 Å². The summed E-state index contributed by atoms with van der Waals surface area (Å²) in [6.45, 7) is 5.37. The van der Waals surface area contributed by atoms with E-state index in [1.807, 2.05) is 17.6 Å². The highest BCUT2D eigenvalue weighted by atomic mass is 32.2. The first-order valence-electron chi connectivity index (χ1n) is 7.76. The molecule has 0 aliphatic carbocycles. The van der Waals surface area contributed by atoms with Crippen LogP contribution in [-0.2, 0) is 11.3 Å². The van der Waals surface area contributed by atoms with E-state index in [1.54, 1.807) is 12.1 Å². The minimum Gasteiger partial charge on any atom is -0.378 e. The number of benzene rings is 1. The van der Waals surface area contributed by atoms with E-state index in [1.165, 1.54) is 17.8 Å². The molecule has 2 aromatic rings. The molecule has 2 heterocycles. The van der Waals surface area contributed by atoms with Crippen LogP contribution in [0, 0.1) is 21.4 Å². The number of nitriles is 1. The van der Waals surface area contributed by atoms with Crippen LogP contribution in [0.2, 0.25) is 0 Å². The van der Waals surface area contributed by atoms with Gasteiger partial charge in [-0.1, -0.05) is 0 Å². The molecular weight excluding hydrogens is 344 g/mol. The fourth-order valence-corrected chi connectivity index (χ4v) is 3.52. The van der Waals surface area contributed by atoms with Gasteiger partial charge in [-0.15, -0.1) is 10.2 Å². The number of nitrogens with zero attached hydrogens (tertiary/aromatic N) is 6. The Kier molecular flexibility index (Phi) is 5.16. The van der Waals surface area contributed by atoms with Crippen LogP contribution < -0.4 is 4.90 Å². The van der Waals surface area contributed by atoms with Crippen LogP contribution in [0.15, 0.2) is 28.3 Å². The Bertz CT molecular complexity index is 825. The number of nitro groups is 1. The van der Waals surface area contributed by atoms with E-state index in [9.17, 15) is 10.1 Å². The van der Waals surface area contributed by atoms with Crippen LogP contribution in [0.3, 0.4) is 0 Å². The van der Waals surface area contributed by atoms with Gasteiger partial charge in [-0.25, -0.2) is 0 Å². The summed E-state index contributed by atoms with van der Waals surface area (Å²) >= 11 is 1.18. The zero-order valence-electron chi connectivity index (χ0n) is 13.6. The predicted molar refractivity (Wildman–Crippen MR) is 90.7 cm³/mol. The van der Waals surface area contributed by atoms with Crippen LogP contribution in [0.1, 0.15) is 12.5 Å². The van der Waals surface area contributed by atoms with Gasteiger partial charge in [-0.05, 0) is 30.8 Å². The summed E-state index contributed by atoms with van der Waals surface area (Å²) in [7, 11) is 0. The van der Waals surface area contributed by atoms with E-state index in [4.69, 9.17) is 10.00 Å². The van der Waals surface area contributed by atoms with Crippen molar-refractivity contribution in [1.82, 2.24) is 14.8 Å². The summed E-state index contributed by atoms with van der Waals surface area (Å²) in [4.78, 5) is 13.3. The van der Waals surface area contributed by atoms with Crippen LogP contribution in [0.5, 0.6) is 0 Å². The number of anilines is 1. The van der Waals surface area contributed by atoms with E-state index in [0.29, 0.717) is 29.8 Å². The molecule has 3 rings (SSSR count). The second-order valence-corrected chi connectivity index (χ2v) is 6.29. The average Bonchev–Trinajstić information content (AvgIpc) is 3.05. The van der Waals surface area contributed by atoms with Crippen molar-refractivity contribution in [2.24, 2.45) is 0 Å². The van der Waals surface area contributed by atoms with Gasteiger partial charge in [0.25, 0.3) is 5.69 Å². The normalized spacial score (nSPS) is 14.3. The Morgan fingerprint density at radius 3 is 2.80 bits per heavy atom. The number of ether oxygens (including phenoxy) is 1. The third-order valence-corrected chi connectivity index (χ3v) is 4.84. The molecule has 0 unspecified atom stereocenters. The zero-order chi connectivity index (χ0) is 17.8. The Morgan fingerprint density at radius 1 is 1.40 bits per heavy atom. The van der Waals surface area contributed by atoms with Crippen LogP contribution >= 0.6 is 11.8 Å². The van der Waals surface area contributed by atoms with Gasteiger partial charge in [-0.3, -0.25) is 14.7 Å². The Morgan fingerprint density at radius 2 is 2.16 bits per heavy atom. The first kappa shape index (κ1) is 17.2. The Balaban J connectivity index is 1.92. The minimum absolute atomic E-state index is 0.109. The van der Waals surface area contributed by atoms with Gasteiger partial charge in [0.05, 0.1) is 34.7 Å². The summed E-state index contributed by atoms with van der Waals surface area (Å²) in [6.07, 6.45) is 0. The molecule has 1 fully saturated rings. The van der Waals surface area contributed by atoms with Crippen molar-refractivity contribution in [1.29, 1.82) is 5.26 Å². The lowest BCUT2D eigenvalue weighted by atomic mass is 10.2. The highest BCUT2D eigenvalue weighted by molar-refractivity contribution is 7.99. The second kappa shape index (κ2) is 7.50. The maximum Gasteiger partial charge on any atom is 0.284 e. The number of aromatic nitrogens is 3. The topological polar surface area (TPSA) is 110 Å². The van der Waals surface area contributed by atoms with E-state index in [-0.39, 0.29) is 11.3 Å². The zero-order valence-corrected chi connectivity index (χ0v) is 14.4. The maximum absolute atomic E-state index is 11.3. The quantitative estimate of drug-likeness (QED) is 0.588. The van der Waals surface area contributed by atoms with E-state index < -0.39 is 4.92 Å². The number of nitro benzene ring substituents is 1. The molecule has 0 atom stereocenters. The molecule has 0 N–H and O–H groups in total. The van der Waals surface area contributed by atoms with Crippen molar-refractivity contribution in [2.75, 3.05) is 31.2 Å². The number of hydrogen-bond acceptors (Lipinski definition) is 8. The largest absolute Gasteiger partial charge is 0.378 e. The SMILES string of the molecule is CCn1c(Sc2ccc(C#N)cc2[N+](=O)[O-])nnc1N1CCOCC1. The molecular formula is C15H16N6O3S. The van der Waals surface area contributed by atoms with Crippen LogP contribution in [0.4, 0.5) is 11.6 Å². The molecule has 10 heteroatoms. The van der Waals surface area contributed by atoms with Crippen molar-refractivity contribution in [2.45, 2.75) is 23.5 Å². The standard InChI is InChI=1S/C15H16N6O3S/c1-2-20-14(19-5-7-24-8-6-19)17-18-15(20)25-13-4-3-11(10-16)9-12(13)21(22)23/h3-4,9H,2,5-8H2,1H3. The molecule has 0 bridgehead atoms. The molecule has 0 radical (unpaired) electrons. The van der Waals surface area contributed by atoms with Gasteiger partial charge in [0.15, 0.2) is 5.16 Å². The molecule has 1 saturated heterocycles. The summed E-state index contributed by atoms with van der Waals surface area (Å²) in [5.41, 5.74) is 0.143. The van der Waals surface area contributed by atoms with Crippen molar-refractivity contribution in [3.05, 3.63) is 33.9 Å². The van der Waals surface area contributed by atoms with Crippen LogP contribution in [0.25, 0.3) is 0 Å². The van der Waals surface area contributed by atoms with Gasteiger partial charge >= 0.3 is 0 Å². The minimum atomic E-state index is -0.487. The van der Waals surface area contributed by atoms with Gasteiger partial charge in [0.2, 0.25) is 5.95 Å². The van der Waals surface area contributed by atoms with Crippen molar-refractivity contribution in [3.8, 4) is 6.07 Å². The lowest BCUT2D eigenvalue weighted by molar-refractivity contribution is -0.387. The molecule has 0 saturated carbocycles. The highest BCUT2D eigenvalue weighted by Crippen LogP contribution is 2.35.